The van der Waals surface area contributed by atoms with Gasteiger partial charge in [-0.25, -0.2) is 9.37 Å². The Morgan fingerprint density at radius 3 is 2.32 bits per heavy atom. The highest BCUT2D eigenvalue weighted by Crippen LogP contribution is 2.30. The molecule has 0 saturated carbocycles. The van der Waals surface area contributed by atoms with Crippen LogP contribution < -0.4 is 0 Å². The molecule has 0 aliphatic carbocycles. The molecule has 1 aromatic heterocycles. The summed E-state index contributed by atoms with van der Waals surface area (Å²) in [4.78, 5) is 34.1. The largest absolute Gasteiger partial charge is 0.506 e. The summed E-state index contributed by atoms with van der Waals surface area (Å²) in [6, 6.07) is 17.5. The molecule has 0 aliphatic rings. The van der Waals surface area contributed by atoms with Crippen molar-refractivity contribution >= 4 is 46.5 Å². The van der Waals surface area contributed by atoms with E-state index < -0.39 is 35.5 Å². The maximum absolute atomic E-state index is 13.9. The van der Waals surface area contributed by atoms with Crippen molar-refractivity contribution in [1.29, 1.82) is 0 Å². The normalized spacial score (nSPS) is 13.5. The Morgan fingerprint density at radius 1 is 0.974 bits per heavy atom. The van der Waals surface area contributed by atoms with Crippen molar-refractivity contribution in [2.24, 2.45) is 0 Å². The minimum absolute atomic E-state index is 0. The number of hydrogen-bond donors (Lipinski definition) is 4. The van der Waals surface area contributed by atoms with Gasteiger partial charge in [-0.15, -0.1) is 12.4 Å². The standard InChI is InChI=1S/C28H26FN3O5.ClH/c1-32(2)22(28(36)37)15-23(33)16-7-5-8-17(13-16)25(34)24(26(35)18-9-6-10-19(29)14-18)27-30-20-11-3-4-12-21(20)31-27;/h3-14,22-23,33-34H,15H2,1-2H3,(H,30,31)(H,36,37);1H. The SMILES string of the molecule is CN(C)C(CC(O)c1cccc(C(O)=C(C(=O)c2cccc(F)c2)c2nc3ccccc3[nH]2)c1)C(=O)O.Cl. The number of aliphatic hydroxyl groups excluding tert-OH is 2. The van der Waals surface area contributed by atoms with Gasteiger partial charge in [-0.3, -0.25) is 14.5 Å². The molecule has 0 aliphatic heterocycles. The average Bonchev–Trinajstić information content (AvgIpc) is 3.30. The number of carbonyl (C=O) groups is 2. The molecule has 4 N–H and O–H groups in total. The Balaban J connectivity index is 0.00000400. The van der Waals surface area contributed by atoms with Crippen LogP contribution in [-0.4, -0.2) is 62.1 Å². The number of benzene rings is 3. The first-order valence-electron chi connectivity index (χ1n) is 11.5. The Labute approximate surface area is 224 Å². The number of rotatable bonds is 9. The molecule has 38 heavy (non-hydrogen) atoms. The number of H-pyrrole nitrogens is 1. The third kappa shape index (κ3) is 6.08. The molecule has 4 rings (SSSR count). The predicted molar refractivity (Wildman–Crippen MR) is 145 cm³/mol. The van der Waals surface area contributed by atoms with Gasteiger partial charge < -0.3 is 20.3 Å². The van der Waals surface area contributed by atoms with Gasteiger partial charge in [-0.2, -0.15) is 0 Å². The number of aromatic amines is 1. The molecular formula is C28H27ClFN3O5. The Morgan fingerprint density at radius 2 is 1.66 bits per heavy atom. The minimum atomic E-state index is -1.15. The number of aliphatic hydroxyl groups is 2. The number of allylic oxidation sites excluding steroid dienone is 1. The van der Waals surface area contributed by atoms with E-state index in [9.17, 15) is 29.3 Å². The fourth-order valence-corrected chi connectivity index (χ4v) is 4.09. The highest BCUT2D eigenvalue weighted by atomic mass is 35.5. The van der Waals surface area contributed by atoms with Crippen molar-refractivity contribution in [1.82, 2.24) is 14.9 Å². The zero-order chi connectivity index (χ0) is 26.7. The maximum Gasteiger partial charge on any atom is 0.321 e. The lowest BCUT2D eigenvalue weighted by Gasteiger charge is -2.23. The molecule has 0 amide bonds. The molecule has 0 bridgehead atoms. The number of carboxylic acids is 1. The third-order valence-electron chi connectivity index (χ3n) is 6.08. The van der Waals surface area contributed by atoms with Gasteiger partial charge >= 0.3 is 5.97 Å². The molecule has 4 aromatic rings. The van der Waals surface area contributed by atoms with E-state index in [0.717, 1.165) is 6.07 Å². The minimum Gasteiger partial charge on any atom is -0.506 e. The molecule has 1 heterocycles. The molecular weight excluding hydrogens is 513 g/mol. The molecule has 2 unspecified atom stereocenters. The number of hydrogen-bond acceptors (Lipinski definition) is 6. The number of nitrogens with one attached hydrogen (secondary N) is 1. The van der Waals surface area contributed by atoms with Crippen LogP contribution in [0, 0.1) is 5.82 Å². The Hall–Kier alpha value is -4.05. The van der Waals surface area contributed by atoms with E-state index in [1.54, 1.807) is 56.6 Å². The van der Waals surface area contributed by atoms with E-state index in [-0.39, 0.29) is 41.4 Å². The number of ketones is 1. The number of likely N-dealkylation sites (N-methyl/N-ethyl adjacent to an activating group) is 1. The molecule has 0 radical (unpaired) electrons. The number of halogens is 2. The van der Waals surface area contributed by atoms with E-state index in [1.807, 2.05) is 0 Å². The average molecular weight is 540 g/mol. The number of para-hydroxylation sites is 2. The summed E-state index contributed by atoms with van der Waals surface area (Å²) < 4.78 is 13.9. The first-order chi connectivity index (χ1) is 17.7. The molecule has 2 atom stereocenters. The van der Waals surface area contributed by atoms with Gasteiger partial charge in [0.1, 0.15) is 29.0 Å². The van der Waals surface area contributed by atoms with E-state index in [1.165, 1.54) is 29.2 Å². The Kier molecular flexibility index (Phi) is 9.00. The highest BCUT2D eigenvalue weighted by molar-refractivity contribution is 6.33. The topological polar surface area (TPSA) is 127 Å². The van der Waals surface area contributed by atoms with Gasteiger partial charge in [0.2, 0.25) is 5.78 Å². The van der Waals surface area contributed by atoms with Crippen LogP contribution in [0.2, 0.25) is 0 Å². The zero-order valence-electron chi connectivity index (χ0n) is 20.6. The number of imidazole rings is 1. The number of aliphatic carboxylic acids is 1. The lowest BCUT2D eigenvalue weighted by atomic mass is 9.95. The van der Waals surface area contributed by atoms with Gasteiger partial charge in [0.25, 0.3) is 0 Å². The lowest BCUT2D eigenvalue weighted by Crippen LogP contribution is -2.37. The number of aromatic nitrogens is 2. The summed E-state index contributed by atoms with van der Waals surface area (Å²) in [6.45, 7) is 0. The summed E-state index contributed by atoms with van der Waals surface area (Å²) in [7, 11) is 3.21. The molecule has 8 nitrogen and oxygen atoms in total. The van der Waals surface area contributed by atoms with Crippen LogP contribution in [0.5, 0.6) is 0 Å². The van der Waals surface area contributed by atoms with Crippen molar-refractivity contribution in [3.8, 4) is 0 Å². The maximum atomic E-state index is 13.9. The number of Topliss-reactive ketones (excluding diaryl/α,β-unsaturated/α-hetero) is 1. The quantitative estimate of drug-likeness (QED) is 0.136. The highest BCUT2D eigenvalue weighted by Gasteiger charge is 2.26. The van der Waals surface area contributed by atoms with Gasteiger partial charge in [-0.1, -0.05) is 42.5 Å². The second-order valence-corrected chi connectivity index (χ2v) is 8.86. The van der Waals surface area contributed by atoms with Crippen LogP contribution in [0.3, 0.4) is 0 Å². The third-order valence-corrected chi connectivity index (χ3v) is 6.08. The Bertz CT molecular complexity index is 1470. The van der Waals surface area contributed by atoms with E-state index in [0.29, 0.717) is 16.6 Å². The van der Waals surface area contributed by atoms with Crippen molar-refractivity contribution in [3.05, 3.63) is 101 Å². The first kappa shape index (κ1) is 28.5. The fraction of sp³-hybridized carbons (Fsp3) is 0.179. The first-order valence-corrected chi connectivity index (χ1v) is 11.5. The van der Waals surface area contributed by atoms with Crippen LogP contribution in [0.1, 0.15) is 39.8 Å². The smallest absolute Gasteiger partial charge is 0.321 e. The number of fused-ring (bicyclic) bond motifs is 1. The molecule has 0 fully saturated rings. The summed E-state index contributed by atoms with van der Waals surface area (Å²) in [6.07, 6.45) is -1.24. The molecule has 198 valence electrons. The second kappa shape index (κ2) is 12.0. The number of carboxylic acid groups (broad SMARTS) is 1. The van der Waals surface area contributed by atoms with E-state index in [4.69, 9.17) is 0 Å². The summed E-state index contributed by atoms with van der Waals surface area (Å²) >= 11 is 0. The molecule has 3 aromatic carbocycles. The van der Waals surface area contributed by atoms with Crippen LogP contribution >= 0.6 is 12.4 Å². The van der Waals surface area contributed by atoms with Crippen LogP contribution in [0.4, 0.5) is 4.39 Å². The zero-order valence-corrected chi connectivity index (χ0v) is 21.4. The van der Waals surface area contributed by atoms with Gasteiger partial charge in [0.15, 0.2) is 0 Å². The lowest BCUT2D eigenvalue weighted by molar-refractivity contribution is -0.143. The van der Waals surface area contributed by atoms with Crippen molar-refractivity contribution < 1.29 is 29.3 Å². The summed E-state index contributed by atoms with van der Waals surface area (Å²) in [5.41, 5.74) is 1.62. The fourth-order valence-electron chi connectivity index (χ4n) is 4.09. The predicted octanol–water partition coefficient (Wildman–Crippen LogP) is 4.87. The molecule has 0 spiro atoms. The van der Waals surface area contributed by atoms with Crippen molar-refractivity contribution in [2.75, 3.05) is 14.1 Å². The summed E-state index contributed by atoms with van der Waals surface area (Å²) in [5, 5.41) is 31.5. The van der Waals surface area contributed by atoms with E-state index >= 15 is 0 Å². The van der Waals surface area contributed by atoms with Gasteiger partial charge in [0, 0.05) is 17.5 Å². The van der Waals surface area contributed by atoms with Gasteiger partial charge in [0.05, 0.1) is 17.1 Å². The van der Waals surface area contributed by atoms with E-state index in [2.05, 4.69) is 9.97 Å². The number of nitrogens with zero attached hydrogens (tertiary/aromatic N) is 2. The van der Waals surface area contributed by atoms with Crippen molar-refractivity contribution in [2.45, 2.75) is 18.6 Å². The van der Waals surface area contributed by atoms with Crippen molar-refractivity contribution in [3.63, 3.8) is 0 Å². The van der Waals surface area contributed by atoms with Gasteiger partial charge in [-0.05, 0) is 50.0 Å². The van der Waals surface area contributed by atoms with Crippen LogP contribution in [-0.2, 0) is 4.79 Å². The second-order valence-electron chi connectivity index (χ2n) is 8.86. The summed E-state index contributed by atoms with van der Waals surface area (Å²) in [5.74, 6) is -2.66. The van der Waals surface area contributed by atoms with Crippen LogP contribution in [0.25, 0.3) is 22.4 Å². The number of carbonyl (C=O) groups excluding carboxylic acids is 1. The monoisotopic (exact) mass is 539 g/mol. The molecule has 0 saturated heterocycles. The van der Waals surface area contributed by atoms with Crippen LogP contribution in [0.15, 0.2) is 72.8 Å². The molecule has 10 heteroatoms.